The maximum atomic E-state index is 9.40. The summed E-state index contributed by atoms with van der Waals surface area (Å²) in [5.74, 6) is 0.419. The van der Waals surface area contributed by atoms with Crippen LogP contribution in [-0.2, 0) is 11.3 Å². The fourth-order valence-electron chi connectivity index (χ4n) is 2.50. The summed E-state index contributed by atoms with van der Waals surface area (Å²) in [5.41, 5.74) is 3.05. The van der Waals surface area contributed by atoms with E-state index in [4.69, 9.17) is 4.74 Å². The molecular weight excluding hydrogens is 240 g/mol. The third-order valence-electron chi connectivity index (χ3n) is 3.58. The largest absolute Gasteiger partial charge is 0.634 e. The topological polar surface area (TPSA) is 29.5 Å². The molecule has 0 fully saturated rings. The van der Waals surface area contributed by atoms with Crippen molar-refractivity contribution in [3.63, 3.8) is 0 Å². The first-order chi connectivity index (χ1) is 8.85. The first-order valence-electron chi connectivity index (χ1n) is 6.55. The second kappa shape index (κ2) is 6.88. The van der Waals surface area contributed by atoms with E-state index in [1.165, 1.54) is 11.1 Å². The van der Waals surface area contributed by atoms with E-state index >= 15 is 0 Å². The zero-order valence-electron chi connectivity index (χ0n) is 10.8. The Hall–Kier alpha value is -0.903. The molecule has 1 aliphatic carbocycles. The fraction of sp³-hybridized carbons (Fsp3) is 0.467. The van der Waals surface area contributed by atoms with Crippen molar-refractivity contribution in [1.82, 2.24) is 0 Å². The molecule has 0 amide bonds. The number of hydrogen-bond acceptors (Lipinski definition) is 2. The predicted octanol–water partition coefficient (Wildman–Crippen LogP) is 2.96. The summed E-state index contributed by atoms with van der Waals surface area (Å²) in [4.78, 5) is 9.40. The maximum absolute atomic E-state index is 9.40. The Balaban J connectivity index is 1.83. The van der Waals surface area contributed by atoms with E-state index in [-0.39, 0.29) is 9.76 Å². The van der Waals surface area contributed by atoms with Crippen molar-refractivity contribution in [3.8, 4) is 0 Å². The van der Waals surface area contributed by atoms with Gasteiger partial charge in [0.05, 0.1) is 13.2 Å². The molecule has 0 saturated carbocycles. The molecule has 0 spiro atoms. The van der Waals surface area contributed by atoms with E-state index in [0.29, 0.717) is 18.1 Å². The molecule has 2 nitrogen and oxygen atoms in total. The van der Waals surface area contributed by atoms with Crippen LogP contribution in [0.2, 0.25) is 5.54 Å². The molecular formula is C15H20O2Si-. The normalized spacial score (nSPS) is 23.1. The van der Waals surface area contributed by atoms with Crippen LogP contribution in [0.15, 0.2) is 42.0 Å². The lowest BCUT2D eigenvalue weighted by atomic mass is 10.0. The molecule has 0 aromatic heterocycles. The van der Waals surface area contributed by atoms with E-state index in [0.717, 1.165) is 19.4 Å². The van der Waals surface area contributed by atoms with Crippen LogP contribution in [0.1, 0.15) is 25.3 Å². The van der Waals surface area contributed by atoms with Gasteiger partial charge in [-0.1, -0.05) is 55.3 Å². The molecule has 0 saturated heterocycles. The molecule has 1 aromatic rings. The van der Waals surface area contributed by atoms with Gasteiger partial charge in [-0.3, -0.25) is 9.76 Å². The number of allylic oxidation sites excluding steroid dienone is 1. The predicted molar refractivity (Wildman–Crippen MR) is 74.3 cm³/mol. The van der Waals surface area contributed by atoms with Gasteiger partial charge in [0, 0.05) is 0 Å². The maximum Gasteiger partial charge on any atom is 0.0717 e. The Kier molecular flexibility index (Phi) is 5.17. The summed E-state index contributed by atoms with van der Waals surface area (Å²) in [6, 6.07) is 10.2. The minimum Gasteiger partial charge on any atom is -0.634 e. The lowest BCUT2D eigenvalue weighted by Crippen LogP contribution is -2.18. The molecule has 1 N–H and O–H groups in total. The van der Waals surface area contributed by atoms with Crippen molar-refractivity contribution in [2.24, 2.45) is 5.92 Å². The second-order valence-corrected chi connectivity index (χ2v) is 5.71. The molecule has 3 heteroatoms. The van der Waals surface area contributed by atoms with Crippen molar-refractivity contribution in [1.29, 1.82) is 0 Å². The summed E-state index contributed by atoms with van der Waals surface area (Å²) >= 11 is 0. The first kappa shape index (κ1) is 13.5. The van der Waals surface area contributed by atoms with Gasteiger partial charge in [0.2, 0.25) is 0 Å². The van der Waals surface area contributed by atoms with Gasteiger partial charge in [-0.05, 0) is 17.9 Å². The number of ether oxygens (including phenoxy) is 1. The average molecular weight is 260 g/mol. The SMILES string of the molecule is CCC1=CC[C@H]([Si-]O)[C@H]1COCc1ccccc1. The van der Waals surface area contributed by atoms with Gasteiger partial charge >= 0.3 is 0 Å². The second-order valence-electron chi connectivity index (χ2n) is 4.71. The van der Waals surface area contributed by atoms with Crippen LogP contribution in [0, 0.1) is 5.92 Å². The van der Waals surface area contributed by atoms with E-state index < -0.39 is 0 Å². The summed E-state index contributed by atoms with van der Waals surface area (Å²) in [7, 11) is 0.0264. The summed E-state index contributed by atoms with van der Waals surface area (Å²) in [6.45, 7) is 3.57. The van der Waals surface area contributed by atoms with Gasteiger partial charge in [-0.15, -0.1) is 0 Å². The molecule has 1 aromatic carbocycles. The molecule has 2 rings (SSSR count). The minimum atomic E-state index is 0.0264. The smallest absolute Gasteiger partial charge is 0.0717 e. The van der Waals surface area contributed by atoms with Crippen molar-refractivity contribution >= 4 is 9.76 Å². The van der Waals surface area contributed by atoms with Crippen LogP contribution >= 0.6 is 0 Å². The van der Waals surface area contributed by atoms with Crippen molar-refractivity contribution in [3.05, 3.63) is 47.5 Å². The van der Waals surface area contributed by atoms with E-state index in [1.54, 1.807) is 0 Å². The van der Waals surface area contributed by atoms with Crippen molar-refractivity contribution < 1.29 is 9.53 Å². The van der Waals surface area contributed by atoms with Crippen molar-refractivity contribution in [2.75, 3.05) is 6.61 Å². The molecule has 97 valence electrons. The van der Waals surface area contributed by atoms with Crippen LogP contribution in [-0.4, -0.2) is 21.2 Å². The summed E-state index contributed by atoms with van der Waals surface area (Å²) < 4.78 is 5.82. The van der Waals surface area contributed by atoms with Crippen LogP contribution in [0.25, 0.3) is 0 Å². The third-order valence-corrected chi connectivity index (χ3v) is 4.55. The molecule has 18 heavy (non-hydrogen) atoms. The molecule has 1 aliphatic rings. The van der Waals surface area contributed by atoms with Gasteiger partial charge in [-0.2, -0.15) is 5.54 Å². The molecule has 0 aliphatic heterocycles. The van der Waals surface area contributed by atoms with Gasteiger partial charge in [0.25, 0.3) is 0 Å². The molecule has 2 atom stereocenters. The lowest BCUT2D eigenvalue weighted by Gasteiger charge is -2.29. The number of benzene rings is 1. The number of hydrogen-bond donors (Lipinski definition) is 1. The van der Waals surface area contributed by atoms with Gasteiger partial charge < -0.3 is 9.53 Å². The Morgan fingerprint density at radius 3 is 2.78 bits per heavy atom. The molecule has 0 unspecified atom stereocenters. The Labute approximate surface area is 112 Å². The minimum absolute atomic E-state index is 0.0264. The standard InChI is InChI=1S/C15H20O2Si/c1-2-13-8-9-15(18-16)14(13)11-17-10-12-6-4-3-5-7-12/h3-8,14-16H,2,9-11H2,1H3/q-1/t14-,15-/m0/s1. The lowest BCUT2D eigenvalue weighted by molar-refractivity contribution is 0.0954. The van der Waals surface area contributed by atoms with Gasteiger partial charge in [0.15, 0.2) is 0 Å². The average Bonchev–Trinajstić information content (AvgIpc) is 2.82. The van der Waals surface area contributed by atoms with Crippen LogP contribution in [0.5, 0.6) is 0 Å². The highest BCUT2D eigenvalue weighted by molar-refractivity contribution is 6.28. The van der Waals surface area contributed by atoms with Gasteiger partial charge in [-0.25, -0.2) is 0 Å². The van der Waals surface area contributed by atoms with Crippen LogP contribution in [0.3, 0.4) is 0 Å². The molecule has 0 heterocycles. The Bertz CT molecular complexity index is 389. The fourth-order valence-corrected chi connectivity index (χ4v) is 3.22. The van der Waals surface area contributed by atoms with Crippen molar-refractivity contribution in [2.45, 2.75) is 31.9 Å². The zero-order chi connectivity index (χ0) is 12.8. The monoisotopic (exact) mass is 260 g/mol. The molecule has 1 radical (unpaired) electrons. The third kappa shape index (κ3) is 3.31. The highest BCUT2D eigenvalue weighted by Crippen LogP contribution is 2.37. The highest BCUT2D eigenvalue weighted by Gasteiger charge is 2.22. The van der Waals surface area contributed by atoms with Gasteiger partial charge in [0.1, 0.15) is 0 Å². The molecule has 0 bridgehead atoms. The zero-order valence-corrected chi connectivity index (χ0v) is 11.8. The van der Waals surface area contributed by atoms with Crippen LogP contribution in [0.4, 0.5) is 0 Å². The summed E-state index contributed by atoms with van der Waals surface area (Å²) in [6.07, 6.45) is 4.36. The van der Waals surface area contributed by atoms with E-state index in [1.807, 2.05) is 18.2 Å². The Morgan fingerprint density at radius 1 is 1.33 bits per heavy atom. The van der Waals surface area contributed by atoms with E-state index in [2.05, 4.69) is 25.1 Å². The van der Waals surface area contributed by atoms with Crippen LogP contribution < -0.4 is 0 Å². The highest BCUT2D eigenvalue weighted by atomic mass is 28.2. The van der Waals surface area contributed by atoms with E-state index in [9.17, 15) is 4.80 Å². The first-order valence-corrected chi connectivity index (χ1v) is 7.57. The Morgan fingerprint density at radius 2 is 2.11 bits per heavy atom. The quantitative estimate of drug-likeness (QED) is 0.629. The summed E-state index contributed by atoms with van der Waals surface area (Å²) in [5, 5.41) is 0. The number of rotatable bonds is 6.